The second kappa shape index (κ2) is 8.37. The summed E-state index contributed by atoms with van der Waals surface area (Å²) in [4.78, 5) is 26.2. The van der Waals surface area contributed by atoms with Crippen LogP contribution in [0.15, 0.2) is 24.3 Å². The zero-order valence-corrected chi connectivity index (χ0v) is 16.4. The minimum atomic E-state index is -0.0599. The van der Waals surface area contributed by atoms with E-state index in [1.54, 1.807) is 4.68 Å². The number of aromatic nitrogens is 2. The van der Waals surface area contributed by atoms with E-state index in [1.165, 1.54) is 5.56 Å². The number of amides is 2. The van der Waals surface area contributed by atoms with Crippen LogP contribution in [-0.4, -0.2) is 33.0 Å². The molecular weight excluding hydrogens is 340 g/mol. The van der Waals surface area contributed by atoms with E-state index in [2.05, 4.69) is 17.3 Å². The first-order valence-corrected chi connectivity index (χ1v) is 9.63. The number of carbonyl (C=O) groups is 2. The lowest BCUT2D eigenvalue weighted by Gasteiger charge is -2.18. The van der Waals surface area contributed by atoms with E-state index >= 15 is 0 Å². The van der Waals surface area contributed by atoms with E-state index in [4.69, 9.17) is 0 Å². The van der Waals surface area contributed by atoms with Crippen LogP contribution in [0.1, 0.15) is 47.8 Å². The number of benzene rings is 1. The minimum absolute atomic E-state index is 0.0599. The van der Waals surface area contributed by atoms with Crippen LogP contribution < -0.4 is 5.32 Å². The highest BCUT2D eigenvalue weighted by molar-refractivity contribution is 5.78. The van der Waals surface area contributed by atoms with Crippen molar-refractivity contribution in [3.8, 4) is 0 Å². The van der Waals surface area contributed by atoms with Gasteiger partial charge in [-0.3, -0.25) is 14.3 Å². The van der Waals surface area contributed by atoms with Crippen molar-refractivity contribution in [1.82, 2.24) is 20.0 Å². The molecule has 1 aromatic heterocycles. The average molecular weight is 368 g/mol. The molecule has 2 heterocycles. The van der Waals surface area contributed by atoms with Gasteiger partial charge in [0.15, 0.2) is 0 Å². The smallest absolute Gasteiger partial charge is 0.242 e. The lowest BCUT2D eigenvalue weighted by Crippen LogP contribution is -2.29. The third kappa shape index (κ3) is 4.38. The zero-order valence-electron chi connectivity index (χ0n) is 16.4. The molecule has 0 aliphatic carbocycles. The van der Waals surface area contributed by atoms with Gasteiger partial charge in [0.2, 0.25) is 11.8 Å². The second-order valence-corrected chi connectivity index (χ2v) is 7.12. The summed E-state index contributed by atoms with van der Waals surface area (Å²) in [5.41, 5.74) is 5.39. The number of hydrogen-bond acceptors (Lipinski definition) is 3. The summed E-state index contributed by atoms with van der Waals surface area (Å²) in [5.74, 6) is 0.153. The van der Waals surface area contributed by atoms with Gasteiger partial charge >= 0.3 is 0 Å². The summed E-state index contributed by atoms with van der Waals surface area (Å²) < 4.78 is 1.78. The van der Waals surface area contributed by atoms with E-state index in [1.807, 2.05) is 43.0 Å². The summed E-state index contributed by atoms with van der Waals surface area (Å²) in [6.07, 6.45) is 2.49. The normalized spacial score (nSPS) is 14.0. The zero-order chi connectivity index (χ0) is 19.4. The number of likely N-dealkylation sites (tertiary alicyclic amines) is 1. The number of nitrogens with one attached hydrogen (secondary N) is 1. The Kier molecular flexibility index (Phi) is 5.94. The van der Waals surface area contributed by atoms with Crippen LogP contribution in [0.3, 0.4) is 0 Å². The number of rotatable bonds is 7. The van der Waals surface area contributed by atoms with Crippen LogP contribution in [0.4, 0.5) is 0 Å². The SMILES string of the molecule is CCc1c(C)nn(CC(=O)NCc2ccccc2CN2CCCC2=O)c1C. The quantitative estimate of drug-likeness (QED) is 0.816. The molecule has 1 fully saturated rings. The van der Waals surface area contributed by atoms with Crippen molar-refractivity contribution in [2.75, 3.05) is 6.54 Å². The number of nitrogens with zero attached hydrogens (tertiary/aromatic N) is 3. The molecule has 0 unspecified atom stereocenters. The first kappa shape index (κ1) is 19.1. The van der Waals surface area contributed by atoms with E-state index in [-0.39, 0.29) is 18.4 Å². The fraction of sp³-hybridized carbons (Fsp3) is 0.476. The van der Waals surface area contributed by atoms with E-state index < -0.39 is 0 Å². The standard InChI is InChI=1S/C21H28N4O2/c1-4-19-15(2)23-25(16(19)3)14-20(26)22-12-17-8-5-6-9-18(17)13-24-11-7-10-21(24)27/h5-6,8-9H,4,7,10-14H2,1-3H3,(H,22,26). The monoisotopic (exact) mass is 368 g/mol. The van der Waals surface area contributed by atoms with Crippen molar-refractivity contribution >= 4 is 11.8 Å². The third-order valence-corrected chi connectivity index (χ3v) is 5.31. The maximum Gasteiger partial charge on any atom is 0.242 e. The lowest BCUT2D eigenvalue weighted by molar-refractivity contribution is -0.128. The average Bonchev–Trinajstić information content (AvgIpc) is 3.17. The van der Waals surface area contributed by atoms with Crippen LogP contribution >= 0.6 is 0 Å². The second-order valence-electron chi connectivity index (χ2n) is 7.12. The summed E-state index contributed by atoms with van der Waals surface area (Å²) in [6, 6.07) is 7.98. The van der Waals surface area contributed by atoms with Gasteiger partial charge in [0.25, 0.3) is 0 Å². The summed E-state index contributed by atoms with van der Waals surface area (Å²) in [6.45, 7) is 8.20. The number of aryl methyl sites for hydroxylation is 1. The Labute approximate surface area is 160 Å². The molecule has 0 radical (unpaired) electrons. The van der Waals surface area contributed by atoms with Crippen molar-refractivity contribution in [1.29, 1.82) is 0 Å². The molecule has 1 saturated heterocycles. The Morgan fingerprint density at radius 1 is 1.22 bits per heavy atom. The molecule has 6 heteroatoms. The highest BCUT2D eigenvalue weighted by Crippen LogP contribution is 2.17. The summed E-state index contributed by atoms with van der Waals surface area (Å²) in [5, 5.41) is 7.48. The molecule has 2 amide bonds. The van der Waals surface area contributed by atoms with Gasteiger partial charge in [0.05, 0.1) is 5.69 Å². The maximum absolute atomic E-state index is 12.4. The number of hydrogen-bond donors (Lipinski definition) is 1. The van der Waals surface area contributed by atoms with Crippen molar-refractivity contribution in [2.45, 2.75) is 59.7 Å². The molecule has 0 saturated carbocycles. The predicted molar refractivity (Wildman–Crippen MR) is 104 cm³/mol. The molecule has 1 aliphatic rings. The fourth-order valence-electron chi connectivity index (χ4n) is 3.75. The topological polar surface area (TPSA) is 67.2 Å². The summed E-state index contributed by atoms with van der Waals surface area (Å²) >= 11 is 0. The van der Waals surface area contributed by atoms with E-state index in [9.17, 15) is 9.59 Å². The van der Waals surface area contributed by atoms with Gasteiger partial charge in [-0.2, -0.15) is 5.10 Å². The Balaban J connectivity index is 1.61. The molecular formula is C21H28N4O2. The van der Waals surface area contributed by atoms with Crippen molar-refractivity contribution in [3.05, 3.63) is 52.3 Å². The lowest BCUT2D eigenvalue weighted by atomic mass is 10.1. The predicted octanol–water partition coefficient (Wildman–Crippen LogP) is 2.50. The first-order chi connectivity index (χ1) is 13.0. The fourth-order valence-corrected chi connectivity index (χ4v) is 3.75. The molecule has 2 aromatic rings. The van der Waals surface area contributed by atoms with Crippen LogP contribution in [0.2, 0.25) is 0 Å². The van der Waals surface area contributed by atoms with Gasteiger partial charge < -0.3 is 10.2 Å². The highest BCUT2D eigenvalue weighted by Gasteiger charge is 2.21. The van der Waals surface area contributed by atoms with Gasteiger partial charge in [0.1, 0.15) is 6.54 Å². The number of carbonyl (C=O) groups excluding carboxylic acids is 2. The Hall–Kier alpha value is -2.63. The Morgan fingerprint density at radius 2 is 1.96 bits per heavy atom. The van der Waals surface area contributed by atoms with Crippen LogP contribution in [0.5, 0.6) is 0 Å². The molecule has 6 nitrogen and oxygen atoms in total. The maximum atomic E-state index is 12.4. The molecule has 1 N–H and O–H groups in total. The molecule has 3 rings (SSSR count). The Bertz CT molecular complexity index is 841. The van der Waals surface area contributed by atoms with Crippen molar-refractivity contribution in [3.63, 3.8) is 0 Å². The van der Waals surface area contributed by atoms with Crippen LogP contribution in [-0.2, 0) is 35.6 Å². The molecule has 0 atom stereocenters. The minimum Gasteiger partial charge on any atom is -0.350 e. The summed E-state index contributed by atoms with van der Waals surface area (Å²) in [7, 11) is 0. The molecule has 1 aliphatic heterocycles. The van der Waals surface area contributed by atoms with Crippen molar-refractivity contribution in [2.24, 2.45) is 0 Å². The Morgan fingerprint density at radius 3 is 2.59 bits per heavy atom. The van der Waals surface area contributed by atoms with Crippen LogP contribution in [0.25, 0.3) is 0 Å². The van der Waals surface area contributed by atoms with Gasteiger partial charge in [-0.1, -0.05) is 31.2 Å². The van der Waals surface area contributed by atoms with Crippen LogP contribution in [0, 0.1) is 13.8 Å². The van der Waals surface area contributed by atoms with E-state index in [0.717, 1.165) is 41.9 Å². The van der Waals surface area contributed by atoms with Gasteiger partial charge in [0, 0.05) is 31.7 Å². The molecule has 144 valence electrons. The molecule has 0 bridgehead atoms. The molecule has 0 spiro atoms. The first-order valence-electron chi connectivity index (χ1n) is 9.63. The van der Waals surface area contributed by atoms with Gasteiger partial charge in [-0.15, -0.1) is 0 Å². The molecule has 27 heavy (non-hydrogen) atoms. The highest BCUT2D eigenvalue weighted by atomic mass is 16.2. The largest absolute Gasteiger partial charge is 0.350 e. The molecule has 1 aromatic carbocycles. The van der Waals surface area contributed by atoms with E-state index in [0.29, 0.717) is 19.5 Å². The van der Waals surface area contributed by atoms with Gasteiger partial charge in [-0.05, 0) is 43.4 Å². The third-order valence-electron chi connectivity index (χ3n) is 5.31. The van der Waals surface area contributed by atoms with Gasteiger partial charge in [-0.25, -0.2) is 0 Å². The van der Waals surface area contributed by atoms with Crippen molar-refractivity contribution < 1.29 is 9.59 Å².